The van der Waals surface area contributed by atoms with Crippen molar-refractivity contribution in [3.05, 3.63) is 65.2 Å². The minimum atomic E-state index is 0.164. The molecule has 1 aliphatic heterocycles. The normalized spacial score (nSPS) is 20.6. The van der Waals surface area contributed by atoms with Crippen LogP contribution < -0.4 is 4.74 Å². The molecule has 0 spiro atoms. The minimum Gasteiger partial charge on any atom is -0.489 e. The number of hydrogen-bond acceptors (Lipinski definition) is 3. The van der Waals surface area contributed by atoms with Gasteiger partial charge in [-0.15, -0.1) is 0 Å². The molecule has 0 N–H and O–H groups in total. The zero-order chi connectivity index (χ0) is 17.8. The molecule has 1 heterocycles. The summed E-state index contributed by atoms with van der Waals surface area (Å²) >= 11 is 0. The summed E-state index contributed by atoms with van der Waals surface area (Å²) in [5, 5.41) is 0. The summed E-state index contributed by atoms with van der Waals surface area (Å²) in [6.07, 6.45) is 5.83. The smallest absolute Gasteiger partial charge is 0.167 e. The number of hydrogen-bond donors (Lipinski definition) is 0. The molecule has 26 heavy (non-hydrogen) atoms. The summed E-state index contributed by atoms with van der Waals surface area (Å²) in [4.78, 5) is 15.4. The van der Waals surface area contributed by atoms with Gasteiger partial charge in [-0.05, 0) is 68.1 Å². The van der Waals surface area contributed by atoms with Crippen molar-refractivity contribution < 1.29 is 9.53 Å². The number of rotatable bonds is 5. The molecule has 1 aliphatic carbocycles. The van der Waals surface area contributed by atoms with E-state index in [4.69, 9.17) is 4.74 Å². The molecule has 136 valence electrons. The van der Waals surface area contributed by atoms with Crippen molar-refractivity contribution in [2.75, 3.05) is 19.6 Å². The average molecular weight is 349 g/mol. The van der Waals surface area contributed by atoms with Gasteiger partial charge < -0.3 is 9.64 Å². The van der Waals surface area contributed by atoms with E-state index in [1.807, 2.05) is 30.3 Å². The number of benzene rings is 2. The molecule has 1 saturated heterocycles. The van der Waals surface area contributed by atoms with E-state index in [0.717, 1.165) is 54.9 Å². The molecule has 0 radical (unpaired) electrons. The molecule has 1 atom stereocenters. The lowest BCUT2D eigenvalue weighted by molar-refractivity contribution is 0.0845. The Morgan fingerprint density at radius 3 is 2.62 bits per heavy atom. The highest BCUT2D eigenvalue weighted by atomic mass is 16.5. The van der Waals surface area contributed by atoms with Crippen molar-refractivity contribution in [3.8, 4) is 5.75 Å². The molecule has 2 aliphatic rings. The minimum absolute atomic E-state index is 0.164. The molecular weight excluding hydrogens is 322 g/mol. The van der Waals surface area contributed by atoms with Crippen LogP contribution in [-0.2, 0) is 13.0 Å². The SMILES string of the molecule is O=C1c2ccc(OCc3ccccc3)cc2CCC1CN1CCCCC1. The quantitative estimate of drug-likeness (QED) is 0.796. The summed E-state index contributed by atoms with van der Waals surface area (Å²) in [7, 11) is 0. The zero-order valence-electron chi connectivity index (χ0n) is 15.3. The van der Waals surface area contributed by atoms with Gasteiger partial charge in [0.1, 0.15) is 12.4 Å². The highest BCUT2D eigenvalue weighted by molar-refractivity contribution is 6.00. The fourth-order valence-corrected chi connectivity index (χ4v) is 4.16. The van der Waals surface area contributed by atoms with Gasteiger partial charge in [-0.2, -0.15) is 0 Å². The van der Waals surface area contributed by atoms with Crippen molar-refractivity contribution in [2.24, 2.45) is 5.92 Å². The first-order valence-corrected chi connectivity index (χ1v) is 9.86. The summed E-state index contributed by atoms with van der Waals surface area (Å²) in [6, 6.07) is 16.2. The number of ketones is 1. The Bertz CT molecular complexity index is 750. The van der Waals surface area contributed by atoms with E-state index in [1.54, 1.807) is 0 Å². The Labute approximate surface area is 156 Å². The Hall–Kier alpha value is -2.13. The second-order valence-corrected chi connectivity index (χ2v) is 7.55. The largest absolute Gasteiger partial charge is 0.489 e. The number of likely N-dealkylation sites (tertiary alicyclic amines) is 1. The van der Waals surface area contributed by atoms with Crippen LogP contribution in [0.1, 0.15) is 47.2 Å². The highest BCUT2D eigenvalue weighted by Gasteiger charge is 2.29. The third-order valence-corrected chi connectivity index (χ3v) is 5.65. The van der Waals surface area contributed by atoms with E-state index in [2.05, 4.69) is 23.1 Å². The summed E-state index contributed by atoms with van der Waals surface area (Å²) in [5.74, 6) is 1.35. The van der Waals surface area contributed by atoms with E-state index in [0.29, 0.717) is 12.4 Å². The van der Waals surface area contributed by atoms with Crippen molar-refractivity contribution >= 4 is 5.78 Å². The van der Waals surface area contributed by atoms with Gasteiger partial charge in [-0.25, -0.2) is 0 Å². The van der Waals surface area contributed by atoms with Crippen molar-refractivity contribution in [2.45, 2.75) is 38.7 Å². The van der Waals surface area contributed by atoms with E-state index in [1.165, 1.54) is 19.3 Å². The van der Waals surface area contributed by atoms with E-state index in [9.17, 15) is 4.79 Å². The van der Waals surface area contributed by atoms with Gasteiger partial charge in [0.2, 0.25) is 0 Å². The Balaban J connectivity index is 1.40. The molecule has 4 rings (SSSR count). The second kappa shape index (κ2) is 8.05. The molecule has 0 amide bonds. The zero-order valence-corrected chi connectivity index (χ0v) is 15.3. The fraction of sp³-hybridized carbons (Fsp3) is 0.435. The van der Waals surface area contributed by atoms with Crippen LogP contribution in [0.25, 0.3) is 0 Å². The Morgan fingerprint density at radius 1 is 1.00 bits per heavy atom. The molecule has 2 aromatic carbocycles. The predicted octanol–water partition coefficient (Wildman–Crippen LogP) is 4.50. The Kier molecular flexibility index (Phi) is 5.35. The maximum Gasteiger partial charge on any atom is 0.167 e. The number of ether oxygens (including phenoxy) is 1. The topological polar surface area (TPSA) is 29.5 Å². The number of piperidine rings is 1. The fourth-order valence-electron chi connectivity index (χ4n) is 4.16. The van der Waals surface area contributed by atoms with Crippen LogP contribution in [-0.4, -0.2) is 30.3 Å². The molecule has 0 bridgehead atoms. The third-order valence-electron chi connectivity index (χ3n) is 5.65. The predicted molar refractivity (Wildman–Crippen MR) is 104 cm³/mol. The van der Waals surface area contributed by atoms with E-state index < -0.39 is 0 Å². The van der Waals surface area contributed by atoms with Crippen LogP contribution in [0.15, 0.2) is 48.5 Å². The van der Waals surface area contributed by atoms with Crippen LogP contribution in [0.4, 0.5) is 0 Å². The first-order chi connectivity index (χ1) is 12.8. The van der Waals surface area contributed by atoms with E-state index in [-0.39, 0.29) is 5.92 Å². The lowest BCUT2D eigenvalue weighted by Crippen LogP contribution is -2.38. The molecule has 3 heteroatoms. The number of carbonyl (C=O) groups excluding carboxylic acids is 1. The number of nitrogens with zero attached hydrogens (tertiary/aromatic N) is 1. The lowest BCUT2D eigenvalue weighted by Gasteiger charge is -2.32. The number of carbonyl (C=O) groups is 1. The molecule has 0 saturated carbocycles. The Morgan fingerprint density at radius 2 is 1.81 bits per heavy atom. The molecule has 1 fully saturated rings. The van der Waals surface area contributed by atoms with Gasteiger partial charge >= 0.3 is 0 Å². The van der Waals surface area contributed by atoms with Gasteiger partial charge in [0.05, 0.1) is 0 Å². The third kappa shape index (κ3) is 3.99. The van der Waals surface area contributed by atoms with Crippen LogP contribution in [0.5, 0.6) is 5.75 Å². The average Bonchev–Trinajstić information content (AvgIpc) is 2.70. The van der Waals surface area contributed by atoms with Crippen molar-refractivity contribution in [1.29, 1.82) is 0 Å². The number of aryl methyl sites for hydroxylation is 1. The highest BCUT2D eigenvalue weighted by Crippen LogP contribution is 2.30. The first-order valence-electron chi connectivity index (χ1n) is 9.86. The lowest BCUT2D eigenvalue weighted by atomic mass is 9.82. The van der Waals surface area contributed by atoms with Gasteiger partial charge in [-0.3, -0.25) is 4.79 Å². The summed E-state index contributed by atoms with van der Waals surface area (Å²) < 4.78 is 5.92. The van der Waals surface area contributed by atoms with Gasteiger partial charge in [0.25, 0.3) is 0 Å². The van der Waals surface area contributed by atoms with E-state index >= 15 is 0 Å². The second-order valence-electron chi connectivity index (χ2n) is 7.55. The molecule has 1 unspecified atom stereocenters. The number of Topliss-reactive ketones (excluding diaryl/α,β-unsaturated/α-hetero) is 1. The van der Waals surface area contributed by atoms with Crippen molar-refractivity contribution in [1.82, 2.24) is 4.90 Å². The molecule has 0 aromatic heterocycles. The van der Waals surface area contributed by atoms with Crippen LogP contribution >= 0.6 is 0 Å². The standard InChI is InChI=1S/C23H27NO2/c25-23-20(16-24-13-5-2-6-14-24)10-9-19-15-21(11-12-22(19)23)26-17-18-7-3-1-4-8-18/h1,3-4,7-8,11-12,15,20H,2,5-6,9-10,13-14,16-17H2. The molecular formula is C23H27NO2. The van der Waals surface area contributed by atoms with Gasteiger partial charge in [0.15, 0.2) is 5.78 Å². The van der Waals surface area contributed by atoms with Crippen LogP contribution in [0.2, 0.25) is 0 Å². The van der Waals surface area contributed by atoms with Crippen LogP contribution in [0, 0.1) is 5.92 Å². The maximum absolute atomic E-state index is 12.9. The van der Waals surface area contributed by atoms with Crippen LogP contribution in [0.3, 0.4) is 0 Å². The van der Waals surface area contributed by atoms with Crippen molar-refractivity contribution in [3.63, 3.8) is 0 Å². The van der Waals surface area contributed by atoms with Gasteiger partial charge in [0, 0.05) is 18.0 Å². The molecule has 3 nitrogen and oxygen atoms in total. The maximum atomic E-state index is 12.9. The van der Waals surface area contributed by atoms with Gasteiger partial charge in [-0.1, -0.05) is 36.8 Å². The summed E-state index contributed by atoms with van der Waals surface area (Å²) in [5.41, 5.74) is 3.21. The first kappa shape index (κ1) is 17.3. The molecule has 2 aromatic rings. The monoisotopic (exact) mass is 349 g/mol. The number of fused-ring (bicyclic) bond motifs is 1. The summed E-state index contributed by atoms with van der Waals surface area (Å²) in [6.45, 7) is 3.81.